The van der Waals surface area contributed by atoms with Crippen LogP contribution in [-0.2, 0) is 4.79 Å². The number of amides is 1. The van der Waals surface area contributed by atoms with E-state index in [0.717, 1.165) is 62.6 Å². The molecule has 1 aliphatic heterocycles. The second-order valence-corrected chi connectivity index (χ2v) is 10.4. The van der Waals surface area contributed by atoms with Crippen LogP contribution in [0.25, 0.3) is 26.0 Å². The zero-order valence-electron chi connectivity index (χ0n) is 20.5. The van der Waals surface area contributed by atoms with Crippen molar-refractivity contribution in [2.45, 2.75) is 19.3 Å². The molecule has 0 radical (unpaired) electrons. The standard InChI is InChI=1S/C26H30N6O2S/c1-16-10-18-12-22(35-25(18)21(11-16)34-4)19-13-20(32-24(19)26(27)28-15-29-32)17-7-9-31(14-17)23(33)6-5-8-30(2)3/h5-6,10-13,15,17H,7-9,14H2,1-4H3,(H2,27,28,29)/b6-5+. The summed E-state index contributed by atoms with van der Waals surface area (Å²) in [6.45, 7) is 4.18. The van der Waals surface area contributed by atoms with Gasteiger partial charge in [-0.3, -0.25) is 4.79 Å². The quantitative estimate of drug-likeness (QED) is 0.412. The maximum Gasteiger partial charge on any atom is 0.246 e. The van der Waals surface area contributed by atoms with Crippen LogP contribution in [0.4, 0.5) is 5.82 Å². The molecule has 4 aromatic rings. The van der Waals surface area contributed by atoms with Gasteiger partial charge in [0.1, 0.15) is 17.6 Å². The Balaban J connectivity index is 1.52. The molecule has 1 aromatic carbocycles. The van der Waals surface area contributed by atoms with Gasteiger partial charge in [0.15, 0.2) is 5.82 Å². The Morgan fingerprint density at radius 1 is 1.31 bits per heavy atom. The second kappa shape index (κ2) is 9.31. The van der Waals surface area contributed by atoms with E-state index in [9.17, 15) is 4.79 Å². The molecule has 3 aromatic heterocycles. The molecular weight excluding hydrogens is 460 g/mol. The van der Waals surface area contributed by atoms with Crippen LogP contribution in [0, 0.1) is 6.92 Å². The van der Waals surface area contributed by atoms with E-state index >= 15 is 0 Å². The van der Waals surface area contributed by atoms with Gasteiger partial charge in [0.25, 0.3) is 0 Å². The fraction of sp³-hybridized carbons (Fsp3) is 0.346. The van der Waals surface area contributed by atoms with Crippen molar-refractivity contribution in [3.05, 3.63) is 54.0 Å². The number of likely N-dealkylation sites (tertiary alicyclic amines) is 1. The van der Waals surface area contributed by atoms with Gasteiger partial charge < -0.3 is 20.3 Å². The number of ether oxygens (including phenoxy) is 1. The molecule has 0 spiro atoms. The number of nitrogens with zero attached hydrogens (tertiary/aromatic N) is 5. The third-order valence-corrected chi connectivity index (χ3v) is 7.67. The number of aromatic nitrogens is 3. The average Bonchev–Trinajstić information content (AvgIpc) is 3.54. The summed E-state index contributed by atoms with van der Waals surface area (Å²) in [5.41, 5.74) is 10.4. The zero-order valence-corrected chi connectivity index (χ0v) is 21.3. The average molecular weight is 491 g/mol. The molecule has 2 N–H and O–H groups in total. The van der Waals surface area contributed by atoms with Crippen LogP contribution in [0.1, 0.15) is 23.6 Å². The Labute approximate surface area is 208 Å². The van der Waals surface area contributed by atoms with Crippen molar-refractivity contribution >= 4 is 38.7 Å². The van der Waals surface area contributed by atoms with E-state index < -0.39 is 0 Å². The number of aryl methyl sites for hydroxylation is 1. The van der Waals surface area contributed by atoms with E-state index in [1.165, 1.54) is 6.33 Å². The third-order valence-electron chi connectivity index (χ3n) is 6.47. The largest absolute Gasteiger partial charge is 0.495 e. The first kappa shape index (κ1) is 23.3. The van der Waals surface area contributed by atoms with Crippen LogP contribution >= 0.6 is 11.3 Å². The highest BCUT2D eigenvalue weighted by molar-refractivity contribution is 7.22. The molecular formula is C26H30N6O2S. The monoisotopic (exact) mass is 490 g/mol. The lowest BCUT2D eigenvalue weighted by molar-refractivity contribution is -0.125. The molecule has 8 nitrogen and oxygen atoms in total. The molecule has 0 bridgehead atoms. The van der Waals surface area contributed by atoms with Crippen LogP contribution in [0.15, 0.2) is 42.7 Å². The first-order valence-corrected chi connectivity index (χ1v) is 12.5. The number of nitrogen functional groups attached to an aromatic ring is 1. The van der Waals surface area contributed by atoms with Crippen LogP contribution < -0.4 is 10.5 Å². The summed E-state index contributed by atoms with van der Waals surface area (Å²) in [6, 6.07) is 8.58. The summed E-state index contributed by atoms with van der Waals surface area (Å²) in [5.74, 6) is 1.54. The fourth-order valence-electron chi connectivity index (χ4n) is 4.79. The molecule has 1 fully saturated rings. The normalized spacial score (nSPS) is 16.4. The Bertz CT molecular complexity index is 1440. The SMILES string of the molecule is COc1cc(C)cc2cc(-c3cc(C4CCN(C(=O)/C=C/CN(C)C)C4)n4ncnc(N)c34)sc12. The van der Waals surface area contributed by atoms with Crippen molar-refractivity contribution in [2.24, 2.45) is 0 Å². The number of rotatable bonds is 6. The molecule has 5 rings (SSSR count). The first-order valence-electron chi connectivity index (χ1n) is 11.7. The molecule has 182 valence electrons. The number of anilines is 1. The molecule has 1 aliphatic rings. The van der Waals surface area contributed by atoms with Crippen molar-refractivity contribution in [1.82, 2.24) is 24.4 Å². The highest BCUT2D eigenvalue weighted by Gasteiger charge is 2.30. The number of hydrogen-bond donors (Lipinski definition) is 1. The van der Waals surface area contributed by atoms with Crippen molar-refractivity contribution in [3.8, 4) is 16.2 Å². The van der Waals surface area contributed by atoms with Gasteiger partial charge in [-0.15, -0.1) is 11.3 Å². The molecule has 1 atom stereocenters. The minimum atomic E-state index is 0.0524. The number of carbonyl (C=O) groups excluding carboxylic acids is 1. The topological polar surface area (TPSA) is 89.0 Å². The van der Waals surface area contributed by atoms with Crippen LogP contribution in [0.2, 0.25) is 0 Å². The predicted molar refractivity (Wildman–Crippen MR) is 141 cm³/mol. The number of thiophene rings is 1. The van der Waals surface area contributed by atoms with Gasteiger partial charge in [0.2, 0.25) is 5.91 Å². The summed E-state index contributed by atoms with van der Waals surface area (Å²) in [4.78, 5) is 22.0. The number of nitrogens with two attached hydrogens (primary N) is 1. The molecule has 0 aliphatic carbocycles. The maximum absolute atomic E-state index is 12.7. The van der Waals surface area contributed by atoms with Crippen molar-refractivity contribution in [2.75, 3.05) is 46.6 Å². The van der Waals surface area contributed by atoms with Crippen LogP contribution in [-0.4, -0.2) is 71.1 Å². The molecule has 35 heavy (non-hydrogen) atoms. The summed E-state index contributed by atoms with van der Waals surface area (Å²) < 4.78 is 8.65. The Morgan fingerprint density at radius 2 is 2.14 bits per heavy atom. The smallest absolute Gasteiger partial charge is 0.246 e. The lowest BCUT2D eigenvalue weighted by atomic mass is 10.0. The van der Waals surface area contributed by atoms with Crippen LogP contribution in [0.3, 0.4) is 0 Å². The Hall–Kier alpha value is -3.43. The van der Waals surface area contributed by atoms with Crippen molar-refractivity contribution in [3.63, 3.8) is 0 Å². The fourth-order valence-corrected chi connectivity index (χ4v) is 5.94. The van der Waals surface area contributed by atoms with E-state index in [1.54, 1.807) is 24.5 Å². The van der Waals surface area contributed by atoms with Gasteiger partial charge in [-0.25, -0.2) is 9.50 Å². The number of carbonyl (C=O) groups is 1. The first-order chi connectivity index (χ1) is 16.9. The number of likely N-dealkylation sites (N-methyl/N-ethyl adjacent to an activating group) is 1. The molecule has 4 heterocycles. The third kappa shape index (κ3) is 4.37. The Kier molecular flexibility index (Phi) is 6.21. The lowest BCUT2D eigenvalue weighted by Crippen LogP contribution is -2.27. The molecule has 1 unspecified atom stereocenters. The molecule has 1 saturated heterocycles. The van der Waals surface area contributed by atoms with Gasteiger partial charge in [0.05, 0.1) is 11.8 Å². The Morgan fingerprint density at radius 3 is 2.91 bits per heavy atom. The lowest BCUT2D eigenvalue weighted by Gasteiger charge is -2.14. The van der Waals surface area contributed by atoms with Gasteiger partial charge in [-0.1, -0.05) is 12.1 Å². The molecule has 1 amide bonds. The van der Waals surface area contributed by atoms with Gasteiger partial charge in [-0.2, -0.15) is 5.10 Å². The minimum Gasteiger partial charge on any atom is -0.495 e. The molecule has 9 heteroatoms. The van der Waals surface area contributed by atoms with E-state index in [4.69, 9.17) is 10.5 Å². The highest BCUT2D eigenvalue weighted by Crippen LogP contribution is 2.43. The summed E-state index contributed by atoms with van der Waals surface area (Å²) in [6.07, 6.45) is 5.96. The summed E-state index contributed by atoms with van der Waals surface area (Å²) in [5, 5.41) is 5.70. The van der Waals surface area contributed by atoms with Gasteiger partial charge >= 0.3 is 0 Å². The number of benzene rings is 1. The zero-order chi connectivity index (χ0) is 24.7. The molecule has 0 saturated carbocycles. The van der Waals surface area contributed by atoms with E-state index in [-0.39, 0.29) is 11.8 Å². The number of hydrogen-bond acceptors (Lipinski definition) is 7. The highest BCUT2D eigenvalue weighted by atomic mass is 32.1. The maximum atomic E-state index is 12.7. The summed E-state index contributed by atoms with van der Waals surface area (Å²) in [7, 11) is 5.67. The second-order valence-electron chi connectivity index (χ2n) is 9.32. The predicted octanol–water partition coefficient (Wildman–Crippen LogP) is 3.94. The van der Waals surface area contributed by atoms with E-state index in [1.807, 2.05) is 34.5 Å². The minimum absolute atomic E-state index is 0.0524. The van der Waals surface area contributed by atoms with Crippen LogP contribution in [0.5, 0.6) is 5.75 Å². The van der Waals surface area contributed by atoms with Crippen molar-refractivity contribution < 1.29 is 9.53 Å². The van der Waals surface area contributed by atoms with E-state index in [0.29, 0.717) is 12.4 Å². The number of fused-ring (bicyclic) bond motifs is 2. The van der Waals surface area contributed by atoms with E-state index in [2.05, 4.69) is 41.3 Å². The van der Waals surface area contributed by atoms with Gasteiger partial charge in [-0.05, 0) is 56.6 Å². The van der Waals surface area contributed by atoms with Gasteiger partial charge in [0, 0.05) is 47.8 Å². The van der Waals surface area contributed by atoms with Crippen molar-refractivity contribution in [1.29, 1.82) is 0 Å². The summed E-state index contributed by atoms with van der Waals surface area (Å²) >= 11 is 1.68. The number of methoxy groups -OCH3 is 1.